The maximum absolute atomic E-state index is 13.8. The van der Waals surface area contributed by atoms with Crippen LogP contribution in [0.5, 0.6) is 0 Å². The van der Waals surface area contributed by atoms with E-state index >= 15 is 0 Å². The summed E-state index contributed by atoms with van der Waals surface area (Å²) in [6.45, 7) is 6.29. The van der Waals surface area contributed by atoms with E-state index in [2.05, 4.69) is 47.6 Å². The van der Waals surface area contributed by atoms with Crippen LogP contribution in [-0.4, -0.2) is 22.4 Å². The summed E-state index contributed by atoms with van der Waals surface area (Å²) >= 11 is 0. The van der Waals surface area contributed by atoms with Crippen molar-refractivity contribution in [2.45, 2.75) is 33.4 Å². The van der Waals surface area contributed by atoms with Crippen LogP contribution >= 0.6 is 12.4 Å². The number of aromatic nitrogens is 2. The van der Waals surface area contributed by atoms with Gasteiger partial charge in [-0.1, -0.05) is 36.4 Å². The molecule has 32 heavy (non-hydrogen) atoms. The normalized spacial score (nSPS) is 13.0. The molecule has 164 valence electrons. The van der Waals surface area contributed by atoms with Gasteiger partial charge in [0.15, 0.2) is 12.1 Å². The number of hydrogen-bond donors (Lipinski definition) is 0. The summed E-state index contributed by atoms with van der Waals surface area (Å²) in [5.41, 5.74) is 7.21. The summed E-state index contributed by atoms with van der Waals surface area (Å²) in [5.74, 6) is 0.583. The van der Waals surface area contributed by atoms with Gasteiger partial charge < -0.3 is 9.47 Å². The Morgan fingerprint density at radius 1 is 1.06 bits per heavy atom. The molecule has 0 saturated heterocycles. The molecular formula is C26H25ClFN3O. The zero-order chi connectivity index (χ0) is 21.5. The van der Waals surface area contributed by atoms with E-state index in [-0.39, 0.29) is 18.2 Å². The average molecular weight is 450 g/mol. The molecule has 6 heteroatoms. The molecule has 4 aromatic rings. The first-order valence-corrected chi connectivity index (χ1v) is 10.6. The van der Waals surface area contributed by atoms with E-state index in [1.807, 2.05) is 12.1 Å². The van der Waals surface area contributed by atoms with Crippen molar-refractivity contribution in [2.75, 3.05) is 11.4 Å². The summed E-state index contributed by atoms with van der Waals surface area (Å²) in [4.78, 5) is 18.7. The molecule has 0 bridgehead atoms. The Morgan fingerprint density at radius 2 is 1.84 bits per heavy atom. The van der Waals surface area contributed by atoms with Gasteiger partial charge in [0.1, 0.15) is 11.5 Å². The minimum atomic E-state index is -0.238. The van der Waals surface area contributed by atoms with Gasteiger partial charge in [-0.15, -0.1) is 12.4 Å². The van der Waals surface area contributed by atoms with Crippen LogP contribution < -0.4 is 4.90 Å². The number of anilines is 1. The van der Waals surface area contributed by atoms with Gasteiger partial charge in [0, 0.05) is 30.7 Å². The molecule has 0 spiro atoms. The minimum Gasteiger partial charge on any atom is -0.350 e. The molecule has 2 aromatic heterocycles. The number of aldehydes is 1. The van der Waals surface area contributed by atoms with Gasteiger partial charge in [-0.05, 0) is 60.7 Å². The third-order valence-corrected chi connectivity index (χ3v) is 6.40. The number of carbonyl (C=O) groups excluding carboxylic acids is 1. The second-order valence-electron chi connectivity index (χ2n) is 8.25. The highest BCUT2D eigenvalue weighted by molar-refractivity contribution is 5.97. The lowest BCUT2D eigenvalue weighted by atomic mass is 10.00. The molecular weight excluding hydrogens is 425 g/mol. The van der Waals surface area contributed by atoms with E-state index in [9.17, 15) is 9.18 Å². The first-order chi connectivity index (χ1) is 15.0. The molecule has 0 radical (unpaired) electrons. The predicted octanol–water partition coefficient (Wildman–Crippen LogP) is 5.64. The van der Waals surface area contributed by atoms with E-state index in [1.54, 1.807) is 12.1 Å². The maximum atomic E-state index is 13.8. The Balaban J connectivity index is 0.00000245. The molecule has 0 amide bonds. The number of benzene rings is 2. The van der Waals surface area contributed by atoms with Gasteiger partial charge in [-0.25, -0.2) is 9.37 Å². The fourth-order valence-electron chi connectivity index (χ4n) is 4.63. The molecule has 3 heterocycles. The monoisotopic (exact) mass is 449 g/mol. The van der Waals surface area contributed by atoms with Gasteiger partial charge in [-0.2, -0.15) is 0 Å². The van der Waals surface area contributed by atoms with Crippen LogP contribution in [0, 0.1) is 19.7 Å². The van der Waals surface area contributed by atoms with E-state index in [0.29, 0.717) is 12.2 Å². The lowest BCUT2D eigenvalue weighted by Crippen LogP contribution is -2.31. The quantitative estimate of drug-likeness (QED) is 0.378. The summed E-state index contributed by atoms with van der Waals surface area (Å²) in [6.07, 6.45) is 1.76. The van der Waals surface area contributed by atoms with Crippen LogP contribution in [-0.2, 0) is 19.5 Å². The SMILES string of the molecule is Cc1c(C)n(Cc2cccc(F)c2)c2c(N3CCc4ccccc4C3)nc(C=O)cc12.Cl. The maximum Gasteiger partial charge on any atom is 0.168 e. The van der Waals surface area contributed by atoms with E-state index in [4.69, 9.17) is 4.98 Å². The number of fused-ring (bicyclic) bond motifs is 2. The molecule has 2 aromatic carbocycles. The van der Waals surface area contributed by atoms with E-state index in [1.165, 1.54) is 17.2 Å². The van der Waals surface area contributed by atoms with Crippen molar-refractivity contribution in [1.82, 2.24) is 9.55 Å². The van der Waals surface area contributed by atoms with Crippen LogP contribution in [0.2, 0.25) is 0 Å². The van der Waals surface area contributed by atoms with Gasteiger partial charge in [0.05, 0.1) is 5.52 Å². The van der Waals surface area contributed by atoms with Crippen molar-refractivity contribution in [3.63, 3.8) is 0 Å². The van der Waals surface area contributed by atoms with Gasteiger partial charge in [0.25, 0.3) is 0 Å². The number of pyridine rings is 1. The Labute approximate surface area is 193 Å². The number of aryl methyl sites for hydroxylation is 1. The molecule has 0 unspecified atom stereocenters. The number of halogens is 2. The number of carbonyl (C=O) groups is 1. The predicted molar refractivity (Wildman–Crippen MR) is 129 cm³/mol. The number of nitrogens with zero attached hydrogens (tertiary/aromatic N) is 3. The Hall–Kier alpha value is -3.18. The highest BCUT2D eigenvalue weighted by atomic mass is 35.5. The van der Waals surface area contributed by atoms with Gasteiger partial charge in [-0.3, -0.25) is 4.79 Å². The van der Waals surface area contributed by atoms with Crippen LogP contribution in [0.3, 0.4) is 0 Å². The van der Waals surface area contributed by atoms with Gasteiger partial charge >= 0.3 is 0 Å². The lowest BCUT2D eigenvalue weighted by molar-refractivity contribution is 0.111. The van der Waals surface area contributed by atoms with Crippen LogP contribution in [0.4, 0.5) is 10.2 Å². The largest absolute Gasteiger partial charge is 0.350 e. The second kappa shape index (κ2) is 8.75. The molecule has 0 fully saturated rings. The molecule has 0 aliphatic carbocycles. The molecule has 0 saturated carbocycles. The van der Waals surface area contributed by atoms with Crippen LogP contribution in [0.15, 0.2) is 54.6 Å². The number of rotatable bonds is 4. The van der Waals surface area contributed by atoms with Crippen molar-refractivity contribution in [1.29, 1.82) is 0 Å². The summed E-state index contributed by atoms with van der Waals surface area (Å²) < 4.78 is 16.0. The standard InChI is InChI=1S/C26H24FN3O.ClH/c1-17-18(2)30(14-19-6-5-9-22(27)12-19)25-24(17)13-23(16-31)28-26(25)29-11-10-20-7-3-4-8-21(20)15-29;/h3-9,12-13,16H,10-11,14-15H2,1-2H3;1H. The fourth-order valence-corrected chi connectivity index (χ4v) is 4.63. The zero-order valence-corrected chi connectivity index (χ0v) is 19.0. The Bertz CT molecular complexity index is 1310. The van der Waals surface area contributed by atoms with Crippen molar-refractivity contribution in [3.8, 4) is 0 Å². The molecule has 1 aliphatic heterocycles. The third kappa shape index (κ3) is 3.78. The highest BCUT2D eigenvalue weighted by Gasteiger charge is 2.24. The smallest absolute Gasteiger partial charge is 0.168 e. The lowest BCUT2D eigenvalue weighted by Gasteiger charge is -2.31. The zero-order valence-electron chi connectivity index (χ0n) is 18.1. The van der Waals surface area contributed by atoms with E-state index in [0.717, 1.165) is 59.3 Å². The van der Waals surface area contributed by atoms with Crippen molar-refractivity contribution < 1.29 is 9.18 Å². The molecule has 5 rings (SSSR count). The van der Waals surface area contributed by atoms with Gasteiger partial charge in [0.2, 0.25) is 0 Å². The average Bonchev–Trinajstić information content (AvgIpc) is 3.03. The first-order valence-electron chi connectivity index (χ1n) is 10.6. The number of hydrogen-bond acceptors (Lipinski definition) is 3. The second-order valence-corrected chi connectivity index (χ2v) is 8.25. The summed E-state index contributed by atoms with van der Waals surface area (Å²) in [7, 11) is 0. The molecule has 4 nitrogen and oxygen atoms in total. The fraction of sp³-hybridized carbons (Fsp3) is 0.231. The highest BCUT2D eigenvalue weighted by Crippen LogP contribution is 2.35. The van der Waals surface area contributed by atoms with E-state index < -0.39 is 0 Å². The van der Waals surface area contributed by atoms with Crippen molar-refractivity contribution in [3.05, 3.63) is 94.1 Å². The topological polar surface area (TPSA) is 38.1 Å². The minimum absolute atomic E-state index is 0. The Kier molecular flexibility index (Phi) is 6.02. The van der Waals surface area contributed by atoms with Crippen molar-refractivity contribution >= 4 is 35.4 Å². The van der Waals surface area contributed by atoms with Crippen molar-refractivity contribution in [2.24, 2.45) is 0 Å². The molecule has 1 aliphatic rings. The summed E-state index contributed by atoms with van der Waals surface area (Å²) in [5, 5.41) is 1.03. The summed E-state index contributed by atoms with van der Waals surface area (Å²) in [6, 6.07) is 17.1. The van der Waals surface area contributed by atoms with Crippen LogP contribution in [0.1, 0.15) is 38.4 Å². The molecule has 0 atom stereocenters. The first kappa shape index (κ1) is 22.0. The molecule has 0 N–H and O–H groups in total. The third-order valence-electron chi connectivity index (χ3n) is 6.40. The van der Waals surface area contributed by atoms with Crippen LogP contribution in [0.25, 0.3) is 10.9 Å². The Morgan fingerprint density at radius 3 is 2.59 bits per heavy atom.